The van der Waals surface area contributed by atoms with Gasteiger partial charge in [-0.15, -0.1) is 0 Å². The number of pyridine rings is 1. The minimum Gasteiger partial charge on any atom is -0.480 e. The molecule has 1 aliphatic heterocycles. The van der Waals surface area contributed by atoms with Gasteiger partial charge in [-0.1, -0.05) is 6.92 Å². The Hall–Kier alpha value is -4.04. The third-order valence-corrected chi connectivity index (χ3v) is 8.49. The molecule has 220 valence electrons. The van der Waals surface area contributed by atoms with E-state index in [-0.39, 0.29) is 23.8 Å². The molecule has 3 heterocycles. The van der Waals surface area contributed by atoms with Gasteiger partial charge in [0.1, 0.15) is 18.6 Å². The number of carboxylic acid groups (broad SMARTS) is 1. The van der Waals surface area contributed by atoms with Gasteiger partial charge in [0.15, 0.2) is 5.95 Å². The number of nitrogens with one attached hydrogen (secondary N) is 4. The smallest absolute Gasteiger partial charge is 0.322 e. The number of carbonyl (C=O) groups is 3. The third-order valence-electron chi connectivity index (χ3n) is 7.02. The molecule has 2 unspecified atom stereocenters. The summed E-state index contributed by atoms with van der Waals surface area (Å²) in [6.07, 6.45) is 6.49. The molecule has 1 aromatic carbocycles. The fraction of sp³-hybridized carbons (Fsp3) is 0.444. The van der Waals surface area contributed by atoms with Crippen LogP contribution in [0, 0.1) is 12.8 Å². The maximum atomic E-state index is 13.9. The molecule has 14 heteroatoms. The molecule has 2 amide bonds. The second kappa shape index (κ2) is 13.1. The Labute approximate surface area is 238 Å². The van der Waals surface area contributed by atoms with Crippen molar-refractivity contribution in [3.05, 3.63) is 48.4 Å². The van der Waals surface area contributed by atoms with Crippen LogP contribution >= 0.6 is 0 Å². The highest BCUT2D eigenvalue weighted by Crippen LogP contribution is 2.25. The van der Waals surface area contributed by atoms with E-state index in [1.54, 1.807) is 24.7 Å². The average molecular weight is 586 g/mol. The average Bonchev–Trinajstić information content (AvgIpc) is 3.46. The first kappa shape index (κ1) is 29.9. The van der Waals surface area contributed by atoms with Crippen molar-refractivity contribution in [1.82, 2.24) is 29.9 Å². The number of imidazole rings is 1. The molecule has 0 radical (unpaired) electrons. The second-order valence-electron chi connectivity index (χ2n) is 10.3. The van der Waals surface area contributed by atoms with Crippen molar-refractivity contribution in [3.8, 4) is 0 Å². The van der Waals surface area contributed by atoms with E-state index >= 15 is 0 Å². The summed E-state index contributed by atoms with van der Waals surface area (Å²) in [6, 6.07) is 4.34. The molecule has 5 N–H and O–H groups in total. The molecule has 41 heavy (non-hydrogen) atoms. The molecule has 0 saturated carbocycles. The van der Waals surface area contributed by atoms with E-state index in [2.05, 4.69) is 30.3 Å². The molecule has 3 atom stereocenters. The Balaban J connectivity index is 1.57. The van der Waals surface area contributed by atoms with Crippen LogP contribution in [0.3, 0.4) is 0 Å². The van der Waals surface area contributed by atoms with Crippen LogP contribution < -0.4 is 15.4 Å². The van der Waals surface area contributed by atoms with Crippen molar-refractivity contribution in [3.63, 3.8) is 0 Å². The maximum absolute atomic E-state index is 13.9. The van der Waals surface area contributed by atoms with E-state index < -0.39 is 46.4 Å². The predicted octanol–water partition coefficient (Wildman–Crippen LogP) is 1.63. The molecule has 0 bridgehead atoms. The topological polar surface area (TPSA) is 186 Å². The lowest BCUT2D eigenvalue weighted by atomic mass is 9.91. The molecule has 1 aliphatic rings. The maximum Gasteiger partial charge on any atom is 0.322 e. The molecule has 13 nitrogen and oxygen atoms in total. The fourth-order valence-corrected chi connectivity index (χ4v) is 6.14. The van der Waals surface area contributed by atoms with E-state index in [4.69, 9.17) is 5.11 Å². The Bertz CT molecular complexity index is 1500. The number of anilines is 1. The Kier molecular flexibility index (Phi) is 9.55. The number of hydrogen-bond donors (Lipinski definition) is 5. The Morgan fingerprint density at radius 2 is 2.02 bits per heavy atom. The summed E-state index contributed by atoms with van der Waals surface area (Å²) < 4.78 is 29.7. The number of hydrogen-bond acceptors (Lipinski definition) is 8. The van der Waals surface area contributed by atoms with Gasteiger partial charge < -0.3 is 25.6 Å². The molecular weight excluding hydrogens is 550 g/mol. The van der Waals surface area contributed by atoms with Gasteiger partial charge in [-0.25, -0.2) is 13.4 Å². The van der Waals surface area contributed by atoms with E-state index in [9.17, 15) is 22.8 Å². The van der Waals surface area contributed by atoms with Crippen LogP contribution in [-0.4, -0.2) is 82.9 Å². The summed E-state index contributed by atoms with van der Waals surface area (Å²) in [5, 5.41) is 15.1. The second-order valence-corrected chi connectivity index (χ2v) is 12.1. The monoisotopic (exact) mass is 585 g/mol. The number of carbonyl (C=O) groups excluding carboxylic acids is 2. The summed E-state index contributed by atoms with van der Waals surface area (Å²) in [6.45, 7) is 3.90. The number of aryl methyl sites for hydroxylation is 1. The van der Waals surface area contributed by atoms with Crippen LogP contribution in [-0.2, 0) is 24.4 Å². The molecule has 0 spiro atoms. The normalized spacial score (nSPS) is 18.1. The molecule has 1 saturated heterocycles. The number of benzene rings is 1. The lowest BCUT2D eigenvalue weighted by Gasteiger charge is -2.39. The van der Waals surface area contributed by atoms with Crippen LogP contribution in [0.4, 0.5) is 5.95 Å². The van der Waals surface area contributed by atoms with Gasteiger partial charge in [-0.05, 0) is 68.4 Å². The molecule has 2 aromatic heterocycles. The number of likely N-dealkylation sites (tertiary alicyclic amines) is 1. The first-order valence-corrected chi connectivity index (χ1v) is 14.9. The number of fused-ring (bicyclic) bond motifs is 1. The summed E-state index contributed by atoms with van der Waals surface area (Å²) in [5.41, 5.74) is 1.52. The van der Waals surface area contributed by atoms with Crippen molar-refractivity contribution < 1.29 is 27.9 Å². The van der Waals surface area contributed by atoms with Crippen molar-refractivity contribution in [2.45, 2.75) is 56.5 Å². The lowest BCUT2D eigenvalue weighted by Crippen LogP contribution is -2.58. The number of aromatic nitrogens is 3. The minimum absolute atomic E-state index is 0.00747. The third kappa shape index (κ3) is 7.79. The molecule has 4 rings (SSSR count). The zero-order valence-corrected chi connectivity index (χ0v) is 23.8. The van der Waals surface area contributed by atoms with Gasteiger partial charge in [0, 0.05) is 37.1 Å². The molecule has 3 aromatic rings. The standard InChI is InChI=1S/C27H35N7O6S/c1-17-7-11-34(23(13-17)25(37)32-16-24(35)36)26(38)22(4-3-8-28-27-29-9-10-30-27)33-41(39,40)20-5-6-21-19(14-20)12-18(2)15-31-21/h5-6,9-10,12,14-15,17,22-23,33H,3-4,7-8,11,13,16H2,1-2H3,(H,32,37)(H,35,36)(H2,28,29,30)/t17?,22-,23?/m0/s1. The zero-order valence-electron chi connectivity index (χ0n) is 23.0. The SMILES string of the molecule is Cc1cnc2ccc(S(=O)(=O)N[C@@H](CCCNc3ncc[nH]3)C(=O)N3CCC(C)CC3C(=O)NCC(=O)O)cc2c1. The largest absolute Gasteiger partial charge is 0.480 e. The van der Waals surface area contributed by atoms with E-state index in [0.717, 1.165) is 5.56 Å². The highest BCUT2D eigenvalue weighted by atomic mass is 32.2. The number of rotatable bonds is 12. The number of piperidine rings is 1. The molecular formula is C27H35N7O6S. The van der Waals surface area contributed by atoms with Crippen molar-refractivity contribution >= 4 is 44.7 Å². The van der Waals surface area contributed by atoms with Crippen molar-refractivity contribution in [2.24, 2.45) is 5.92 Å². The van der Waals surface area contributed by atoms with Crippen LogP contribution in [0.2, 0.25) is 0 Å². The van der Waals surface area contributed by atoms with Crippen LogP contribution in [0.1, 0.15) is 38.2 Å². The summed E-state index contributed by atoms with van der Waals surface area (Å²) in [7, 11) is -4.14. The van der Waals surface area contributed by atoms with Gasteiger partial charge in [0.05, 0.1) is 10.4 Å². The zero-order chi connectivity index (χ0) is 29.6. The van der Waals surface area contributed by atoms with Gasteiger partial charge in [-0.2, -0.15) is 4.72 Å². The van der Waals surface area contributed by atoms with Gasteiger partial charge in [-0.3, -0.25) is 19.4 Å². The van der Waals surface area contributed by atoms with E-state index in [0.29, 0.717) is 42.7 Å². The number of aliphatic carboxylic acids is 1. The van der Waals surface area contributed by atoms with E-state index in [1.807, 2.05) is 19.9 Å². The van der Waals surface area contributed by atoms with E-state index in [1.165, 1.54) is 17.0 Å². The van der Waals surface area contributed by atoms with Gasteiger partial charge in [0.2, 0.25) is 21.8 Å². The van der Waals surface area contributed by atoms with Crippen LogP contribution in [0.25, 0.3) is 10.9 Å². The predicted molar refractivity (Wildman–Crippen MR) is 151 cm³/mol. The number of sulfonamides is 1. The van der Waals surface area contributed by atoms with Crippen LogP contribution in [0.5, 0.6) is 0 Å². The number of nitrogens with zero attached hydrogens (tertiary/aromatic N) is 3. The van der Waals surface area contributed by atoms with Gasteiger partial charge >= 0.3 is 5.97 Å². The first-order valence-electron chi connectivity index (χ1n) is 13.5. The Morgan fingerprint density at radius 3 is 2.76 bits per heavy atom. The molecule has 1 fully saturated rings. The fourth-order valence-electron chi connectivity index (χ4n) is 4.88. The van der Waals surface area contributed by atoms with Crippen molar-refractivity contribution in [1.29, 1.82) is 0 Å². The van der Waals surface area contributed by atoms with Crippen LogP contribution in [0.15, 0.2) is 47.8 Å². The molecule has 0 aliphatic carbocycles. The Morgan fingerprint density at radius 1 is 1.22 bits per heavy atom. The summed E-state index contributed by atoms with van der Waals surface area (Å²) >= 11 is 0. The first-order chi connectivity index (χ1) is 19.5. The lowest BCUT2D eigenvalue weighted by molar-refractivity contribution is -0.145. The minimum atomic E-state index is -4.14. The summed E-state index contributed by atoms with van der Waals surface area (Å²) in [5.74, 6) is -1.63. The van der Waals surface area contributed by atoms with Gasteiger partial charge in [0.25, 0.3) is 0 Å². The number of amides is 2. The number of H-pyrrole nitrogens is 1. The highest BCUT2D eigenvalue weighted by molar-refractivity contribution is 7.89. The summed E-state index contributed by atoms with van der Waals surface area (Å²) in [4.78, 5) is 50.5. The quantitative estimate of drug-likeness (QED) is 0.197. The van der Waals surface area contributed by atoms with Crippen molar-refractivity contribution in [2.75, 3.05) is 25.0 Å². The number of carboxylic acids is 1. The highest BCUT2D eigenvalue weighted by Gasteiger charge is 2.38. The number of aromatic amines is 1.